The maximum absolute atomic E-state index is 12.1. The molecule has 7 heteroatoms. The standard InChI is InChI=1S/C25H42N4O3/c1-25(2,3)32-24(30)26-22-10-12-28(13-11-22)20-23(21-8-6-5-7-9-21)29-16-14-27(15-17-29)18-19-31-4/h5-9,22-23H,10-20H2,1-4H3,(H,26,30). The van der Waals surface area contributed by atoms with Crippen LogP contribution in [0, 0.1) is 0 Å². The van der Waals surface area contributed by atoms with E-state index in [2.05, 4.69) is 50.3 Å². The largest absolute Gasteiger partial charge is 0.444 e. The second kappa shape index (κ2) is 12.0. The van der Waals surface area contributed by atoms with Gasteiger partial charge in [-0.3, -0.25) is 9.80 Å². The molecular weight excluding hydrogens is 404 g/mol. The SMILES string of the molecule is COCCN1CCN(C(CN2CCC(NC(=O)OC(C)(C)C)CC2)c2ccccc2)CC1. The molecule has 0 spiro atoms. The number of likely N-dealkylation sites (tertiary alicyclic amines) is 1. The van der Waals surface area contributed by atoms with Gasteiger partial charge in [-0.1, -0.05) is 30.3 Å². The van der Waals surface area contributed by atoms with E-state index in [0.717, 1.165) is 71.8 Å². The molecule has 1 N–H and O–H groups in total. The fraction of sp³-hybridized carbons (Fsp3) is 0.720. The molecule has 32 heavy (non-hydrogen) atoms. The lowest BCUT2D eigenvalue weighted by Crippen LogP contribution is -2.52. The fourth-order valence-electron chi connectivity index (χ4n) is 4.60. The van der Waals surface area contributed by atoms with Crippen molar-refractivity contribution in [3.05, 3.63) is 35.9 Å². The highest BCUT2D eigenvalue weighted by Gasteiger charge is 2.29. The van der Waals surface area contributed by atoms with Crippen LogP contribution in [0.4, 0.5) is 4.79 Å². The minimum Gasteiger partial charge on any atom is -0.444 e. The molecule has 2 aliphatic rings. The summed E-state index contributed by atoms with van der Waals surface area (Å²) in [7, 11) is 1.77. The van der Waals surface area contributed by atoms with Crippen molar-refractivity contribution in [2.24, 2.45) is 0 Å². The van der Waals surface area contributed by atoms with Crippen molar-refractivity contribution in [1.29, 1.82) is 0 Å². The normalized spacial score (nSPS) is 20.8. The summed E-state index contributed by atoms with van der Waals surface area (Å²) in [5.74, 6) is 0. The van der Waals surface area contributed by atoms with E-state index >= 15 is 0 Å². The van der Waals surface area contributed by atoms with Gasteiger partial charge in [0.2, 0.25) is 0 Å². The van der Waals surface area contributed by atoms with Crippen LogP contribution >= 0.6 is 0 Å². The topological polar surface area (TPSA) is 57.3 Å². The highest BCUT2D eigenvalue weighted by molar-refractivity contribution is 5.68. The molecule has 2 saturated heterocycles. The van der Waals surface area contributed by atoms with Crippen molar-refractivity contribution in [2.75, 3.05) is 66.1 Å². The molecule has 180 valence electrons. The Morgan fingerprint density at radius 1 is 1.03 bits per heavy atom. The Balaban J connectivity index is 1.52. The average molecular weight is 447 g/mol. The van der Waals surface area contributed by atoms with Crippen molar-refractivity contribution in [3.63, 3.8) is 0 Å². The maximum Gasteiger partial charge on any atom is 0.407 e. The van der Waals surface area contributed by atoms with E-state index in [9.17, 15) is 4.79 Å². The van der Waals surface area contributed by atoms with E-state index in [-0.39, 0.29) is 12.1 Å². The van der Waals surface area contributed by atoms with E-state index < -0.39 is 5.60 Å². The number of carbonyl (C=O) groups excluding carboxylic acids is 1. The summed E-state index contributed by atoms with van der Waals surface area (Å²) in [5.41, 5.74) is 0.938. The number of nitrogens with zero attached hydrogens (tertiary/aromatic N) is 3. The summed E-state index contributed by atoms with van der Waals surface area (Å²) in [5, 5.41) is 3.05. The third kappa shape index (κ3) is 8.03. The highest BCUT2D eigenvalue weighted by atomic mass is 16.6. The fourth-order valence-corrected chi connectivity index (χ4v) is 4.60. The number of hydrogen-bond acceptors (Lipinski definition) is 6. The number of piperidine rings is 1. The monoisotopic (exact) mass is 446 g/mol. The molecule has 3 rings (SSSR count). The molecule has 2 aliphatic heterocycles. The van der Waals surface area contributed by atoms with Gasteiger partial charge in [-0.15, -0.1) is 0 Å². The summed E-state index contributed by atoms with van der Waals surface area (Å²) < 4.78 is 10.7. The van der Waals surface area contributed by atoms with Gasteiger partial charge < -0.3 is 19.7 Å². The van der Waals surface area contributed by atoms with E-state index in [1.165, 1.54) is 5.56 Å². The van der Waals surface area contributed by atoms with Gasteiger partial charge in [-0.2, -0.15) is 0 Å². The average Bonchev–Trinajstić information content (AvgIpc) is 2.77. The van der Waals surface area contributed by atoms with Gasteiger partial charge in [-0.05, 0) is 39.2 Å². The Labute approximate surface area is 194 Å². The Morgan fingerprint density at radius 3 is 2.28 bits per heavy atom. The highest BCUT2D eigenvalue weighted by Crippen LogP contribution is 2.25. The lowest BCUT2D eigenvalue weighted by Gasteiger charge is -2.42. The quantitative estimate of drug-likeness (QED) is 0.663. The van der Waals surface area contributed by atoms with Crippen LogP contribution in [0.15, 0.2) is 30.3 Å². The molecule has 1 aromatic rings. The Kier molecular flexibility index (Phi) is 9.34. The predicted octanol–water partition coefficient (Wildman–Crippen LogP) is 2.98. The molecular formula is C25H42N4O3. The maximum atomic E-state index is 12.1. The van der Waals surface area contributed by atoms with Gasteiger partial charge in [0, 0.05) is 71.6 Å². The number of piperazine rings is 1. The third-order valence-corrected chi connectivity index (χ3v) is 6.38. The molecule has 0 bridgehead atoms. The summed E-state index contributed by atoms with van der Waals surface area (Å²) >= 11 is 0. The number of nitrogens with one attached hydrogen (secondary N) is 1. The molecule has 1 amide bonds. The number of rotatable bonds is 8. The van der Waals surface area contributed by atoms with Crippen LogP contribution in [0.2, 0.25) is 0 Å². The van der Waals surface area contributed by atoms with Gasteiger partial charge in [0.1, 0.15) is 5.60 Å². The van der Waals surface area contributed by atoms with Crippen molar-refractivity contribution < 1.29 is 14.3 Å². The minimum absolute atomic E-state index is 0.195. The van der Waals surface area contributed by atoms with Crippen LogP contribution in [-0.2, 0) is 9.47 Å². The van der Waals surface area contributed by atoms with Crippen LogP contribution in [0.3, 0.4) is 0 Å². The second-order valence-electron chi connectivity index (χ2n) is 10.0. The minimum atomic E-state index is -0.457. The summed E-state index contributed by atoms with van der Waals surface area (Å²) in [4.78, 5) is 19.8. The van der Waals surface area contributed by atoms with Crippen molar-refractivity contribution in [1.82, 2.24) is 20.0 Å². The third-order valence-electron chi connectivity index (χ3n) is 6.38. The van der Waals surface area contributed by atoms with Crippen LogP contribution < -0.4 is 5.32 Å². The number of alkyl carbamates (subject to hydrolysis) is 1. The molecule has 1 unspecified atom stereocenters. The lowest BCUT2D eigenvalue weighted by atomic mass is 10.0. The zero-order chi connectivity index (χ0) is 23.0. The number of benzene rings is 1. The van der Waals surface area contributed by atoms with Crippen molar-refractivity contribution in [2.45, 2.75) is 51.3 Å². The first kappa shape index (κ1) is 25.0. The van der Waals surface area contributed by atoms with Crippen LogP contribution in [0.25, 0.3) is 0 Å². The first-order chi connectivity index (χ1) is 15.3. The number of carbonyl (C=O) groups is 1. The Morgan fingerprint density at radius 2 is 1.69 bits per heavy atom. The van der Waals surface area contributed by atoms with Crippen molar-refractivity contribution >= 4 is 6.09 Å². The molecule has 0 aromatic heterocycles. The Bertz CT molecular complexity index is 678. The van der Waals surface area contributed by atoms with Gasteiger partial charge in [-0.25, -0.2) is 4.79 Å². The second-order valence-corrected chi connectivity index (χ2v) is 10.0. The molecule has 1 aromatic carbocycles. The lowest BCUT2D eigenvalue weighted by molar-refractivity contribution is 0.0436. The zero-order valence-electron chi connectivity index (χ0n) is 20.4. The summed E-state index contributed by atoms with van der Waals surface area (Å²) in [6.45, 7) is 14.9. The molecule has 0 radical (unpaired) electrons. The van der Waals surface area contributed by atoms with E-state index in [1.807, 2.05) is 20.8 Å². The van der Waals surface area contributed by atoms with Gasteiger partial charge >= 0.3 is 6.09 Å². The zero-order valence-corrected chi connectivity index (χ0v) is 20.4. The van der Waals surface area contributed by atoms with Gasteiger partial charge in [0.15, 0.2) is 0 Å². The molecule has 0 aliphatic carbocycles. The number of hydrogen-bond donors (Lipinski definition) is 1. The van der Waals surface area contributed by atoms with E-state index in [1.54, 1.807) is 7.11 Å². The smallest absolute Gasteiger partial charge is 0.407 e. The Hall–Kier alpha value is -1.67. The number of amides is 1. The molecule has 7 nitrogen and oxygen atoms in total. The predicted molar refractivity (Wildman–Crippen MR) is 128 cm³/mol. The van der Waals surface area contributed by atoms with E-state index in [0.29, 0.717) is 6.04 Å². The first-order valence-corrected chi connectivity index (χ1v) is 12.1. The van der Waals surface area contributed by atoms with Crippen LogP contribution in [-0.4, -0.2) is 98.5 Å². The van der Waals surface area contributed by atoms with Crippen LogP contribution in [0.1, 0.15) is 45.2 Å². The molecule has 2 fully saturated rings. The number of methoxy groups -OCH3 is 1. The molecule has 2 heterocycles. The van der Waals surface area contributed by atoms with Crippen LogP contribution in [0.5, 0.6) is 0 Å². The first-order valence-electron chi connectivity index (χ1n) is 12.1. The number of ether oxygens (including phenoxy) is 2. The molecule has 1 atom stereocenters. The molecule has 0 saturated carbocycles. The summed E-state index contributed by atoms with van der Waals surface area (Å²) in [6.07, 6.45) is 1.63. The summed E-state index contributed by atoms with van der Waals surface area (Å²) in [6, 6.07) is 11.5. The van der Waals surface area contributed by atoms with Gasteiger partial charge in [0.25, 0.3) is 0 Å². The van der Waals surface area contributed by atoms with E-state index in [4.69, 9.17) is 9.47 Å². The van der Waals surface area contributed by atoms with Gasteiger partial charge in [0.05, 0.1) is 6.61 Å². The van der Waals surface area contributed by atoms with Crippen molar-refractivity contribution in [3.8, 4) is 0 Å².